The highest BCUT2D eigenvalue weighted by molar-refractivity contribution is 5.14. The molecule has 1 N–H and O–H groups in total. The Labute approximate surface area is 104 Å². The molecular formula is C13H25N3O. The fourth-order valence-electron chi connectivity index (χ4n) is 1.62. The highest BCUT2D eigenvalue weighted by Crippen LogP contribution is 2.05. The molecule has 0 spiro atoms. The van der Waals surface area contributed by atoms with Crippen molar-refractivity contribution in [2.75, 3.05) is 20.3 Å². The van der Waals surface area contributed by atoms with Crippen LogP contribution in [0.2, 0.25) is 0 Å². The van der Waals surface area contributed by atoms with Crippen molar-refractivity contribution in [1.29, 1.82) is 0 Å². The van der Waals surface area contributed by atoms with Gasteiger partial charge in [-0.15, -0.1) is 0 Å². The maximum Gasteiger partial charge on any atom is 0.0662 e. The van der Waals surface area contributed by atoms with Crippen molar-refractivity contribution < 1.29 is 4.74 Å². The van der Waals surface area contributed by atoms with Gasteiger partial charge in [-0.2, -0.15) is 5.10 Å². The average molecular weight is 239 g/mol. The molecular weight excluding hydrogens is 214 g/mol. The number of rotatable bonds is 8. The molecule has 0 bridgehead atoms. The van der Waals surface area contributed by atoms with Crippen molar-refractivity contribution in [3.8, 4) is 0 Å². The first kappa shape index (κ1) is 14.2. The van der Waals surface area contributed by atoms with Crippen LogP contribution in [-0.4, -0.2) is 30.0 Å². The van der Waals surface area contributed by atoms with E-state index >= 15 is 0 Å². The molecule has 1 rings (SSSR count). The minimum absolute atomic E-state index is 0.712. The molecule has 0 aliphatic carbocycles. The van der Waals surface area contributed by atoms with Crippen LogP contribution in [0.4, 0.5) is 0 Å². The highest BCUT2D eigenvalue weighted by Gasteiger charge is 2.03. The second-order valence-corrected chi connectivity index (χ2v) is 4.83. The van der Waals surface area contributed by atoms with E-state index in [-0.39, 0.29) is 0 Å². The van der Waals surface area contributed by atoms with Gasteiger partial charge in [0.1, 0.15) is 0 Å². The van der Waals surface area contributed by atoms with Gasteiger partial charge in [-0.3, -0.25) is 4.68 Å². The second kappa shape index (κ2) is 7.45. The zero-order valence-corrected chi connectivity index (χ0v) is 11.5. The van der Waals surface area contributed by atoms with Gasteiger partial charge in [0.25, 0.3) is 0 Å². The number of hydrogen-bond acceptors (Lipinski definition) is 3. The van der Waals surface area contributed by atoms with E-state index in [4.69, 9.17) is 4.74 Å². The molecule has 0 amide bonds. The van der Waals surface area contributed by atoms with Gasteiger partial charge in [0.05, 0.1) is 18.8 Å². The summed E-state index contributed by atoms with van der Waals surface area (Å²) in [5.74, 6) is 0.712. The lowest BCUT2D eigenvalue weighted by Crippen LogP contribution is -2.08. The smallest absolute Gasteiger partial charge is 0.0662 e. The van der Waals surface area contributed by atoms with E-state index in [1.54, 1.807) is 0 Å². The van der Waals surface area contributed by atoms with Crippen LogP contribution in [0.15, 0.2) is 6.20 Å². The van der Waals surface area contributed by atoms with Crippen molar-refractivity contribution in [3.05, 3.63) is 17.5 Å². The first-order valence-electron chi connectivity index (χ1n) is 6.38. The molecule has 98 valence electrons. The van der Waals surface area contributed by atoms with Crippen LogP contribution < -0.4 is 5.32 Å². The van der Waals surface area contributed by atoms with Crippen molar-refractivity contribution >= 4 is 0 Å². The van der Waals surface area contributed by atoms with Crippen molar-refractivity contribution in [2.45, 2.75) is 40.3 Å². The molecule has 1 aromatic heterocycles. The number of nitrogens with zero attached hydrogens (tertiary/aromatic N) is 2. The van der Waals surface area contributed by atoms with Crippen LogP contribution in [-0.2, 0) is 17.8 Å². The van der Waals surface area contributed by atoms with Crippen LogP contribution in [0, 0.1) is 12.8 Å². The summed E-state index contributed by atoms with van der Waals surface area (Å²) in [6.45, 7) is 9.77. The number of aryl methyl sites for hydroxylation is 1. The van der Waals surface area contributed by atoms with Crippen LogP contribution in [0.3, 0.4) is 0 Å². The minimum Gasteiger partial charge on any atom is -0.380 e. The van der Waals surface area contributed by atoms with Crippen molar-refractivity contribution in [1.82, 2.24) is 15.1 Å². The zero-order chi connectivity index (χ0) is 12.7. The van der Waals surface area contributed by atoms with Gasteiger partial charge in [0.15, 0.2) is 0 Å². The largest absolute Gasteiger partial charge is 0.380 e. The molecule has 17 heavy (non-hydrogen) atoms. The number of nitrogens with one attached hydrogen (secondary N) is 1. The molecule has 0 saturated carbocycles. The van der Waals surface area contributed by atoms with Crippen LogP contribution >= 0.6 is 0 Å². The lowest BCUT2D eigenvalue weighted by molar-refractivity contribution is 0.114. The molecule has 0 fully saturated rings. The third-order valence-corrected chi connectivity index (χ3v) is 2.72. The maximum atomic E-state index is 5.58. The lowest BCUT2D eigenvalue weighted by Gasteiger charge is -2.06. The summed E-state index contributed by atoms with van der Waals surface area (Å²) in [5.41, 5.74) is 2.36. The van der Waals surface area contributed by atoms with E-state index in [2.05, 4.69) is 30.5 Å². The average Bonchev–Trinajstić information content (AvgIpc) is 2.59. The molecule has 4 heteroatoms. The molecule has 4 nitrogen and oxygen atoms in total. The molecule has 1 heterocycles. The van der Waals surface area contributed by atoms with Gasteiger partial charge in [-0.05, 0) is 26.3 Å². The van der Waals surface area contributed by atoms with E-state index in [0.29, 0.717) is 5.92 Å². The highest BCUT2D eigenvalue weighted by atomic mass is 16.5. The standard InChI is InChI=1S/C13H25N3O/c1-11(2)5-7-17-8-6-16-10-13(9-14-4)12(3)15-16/h10-11,14H,5-9H2,1-4H3. The molecule has 0 saturated heterocycles. The summed E-state index contributed by atoms with van der Waals surface area (Å²) in [4.78, 5) is 0. The molecule has 0 unspecified atom stereocenters. The molecule has 0 aliphatic rings. The minimum atomic E-state index is 0.712. The predicted molar refractivity (Wildman–Crippen MR) is 70.0 cm³/mol. The van der Waals surface area contributed by atoms with Gasteiger partial charge < -0.3 is 10.1 Å². The summed E-state index contributed by atoms with van der Waals surface area (Å²) in [6, 6.07) is 0. The normalized spacial score (nSPS) is 11.4. The summed E-state index contributed by atoms with van der Waals surface area (Å²) in [6.07, 6.45) is 3.22. The Kier molecular flexibility index (Phi) is 6.22. The van der Waals surface area contributed by atoms with E-state index < -0.39 is 0 Å². The Morgan fingerprint density at radius 2 is 2.18 bits per heavy atom. The molecule has 0 radical (unpaired) electrons. The van der Waals surface area contributed by atoms with Gasteiger partial charge in [-0.25, -0.2) is 0 Å². The van der Waals surface area contributed by atoms with Gasteiger partial charge in [0, 0.05) is 24.9 Å². The van der Waals surface area contributed by atoms with E-state index in [1.165, 1.54) is 5.56 Å². The lowest BCUT2D eigenvalue weighted by atomic mass is 10.1. The Hall–Kier alpha value is -0.870. The first-order valence-corrected chi connectivity index (χ1v) is 6.38. The Balaban J connectivity index is 2.25. The van der Waals surface area contributed by atoms with E-state index in [9.17, 15) is 0 Å². The van der Waals surface area contributed by atoms with Crippen molar-refractivity contribution in [3.63, 3.8) is 0 Å². The molecule has 1 aromatic rings. The van der Waals surface area contributed by atoms with Crippen LogP contribution in [0.1, 0.15) is 31.5 Å². The summed E-state index contributed by atoms with van der Waals surface area (Å²) >= 11 is 0. The third-order valence-electron chi connectivity index (χ3n) is 2.72. The van der Waals surface area contributed by atoms with Gasteiger partial charge >= 0.3 is 0 Å². The Bertz CT molecular complexity index is 320. The van der Waals surface area contributed by atoms with Crippen LogP contribution in [0.25, 0.3) is 0 Å². The quantitative estimate of drug-likeness (QED) is 0.705. The topological polar surface area (TPSA) is 39.1 Å². The Morgan fingerprint density at radius 1 is 1.41 bits per heavy atom. The molecule has 0 aliphatic heterocycles. The van der Waals surface area contributed by atoms with Gasteiger partial charge in [-0.1, -0.05) is 13.8 Å². The maximum absolute atomic E-state index is 5.58. The third kappa shape index (κ3) is 5.33. The Morgan fingerprint density at radius 3 is 2.82 bits per heavy atom. The number of aromatic nitrogens is 2. The second-order valence-electron chi connectivity index (χ2n) is 4.83. The number of hydrogen-bond donors (Lipinski definition) is 1. The van der Waals surface area contributed by atoms with Crippen molar-refractivity contribution in [2.24, 2.45) is 5.92 Å². The molecule has 0 aromatic carbocycles. The monoisotopic (exact) mass is 239 g/mol. The zero-order valence-electron chi connectivity index (χ0n) is 11.5. The summed E-state index contributed by atoms with van der Waals surface area (Å²) < 4.78 is 7.55. The fraction of sp³-hybridized carbons (Fsp3) is 0.769. The first-order chi connectivity index (χ1) is 8.13. The SMILES string of the molecule is CNCc1cn(CCOCCC(C)C)nc1C. The van der Waals surface area contributed by atoms with Crippen LogP contribution in [0.5, 0.6) is 0 Å². The van der Waals surface area contributed by atoms with Gasteiger partial charge in [0.2, 0.25) is 0 Å². The fourth-order valence-corrected chi connectivity index (χ4v) is 1.62. The van der Waals surface area contributed by atoms with E-state index in [1.807, 2.05) is 18.7 Å². The summed E-state index contributed by atoms with van der Waals surface area (Å²) in [5, 5.41) is 7.60. The number of ether oxygens (including phenoxy) is 1. The summed E-state index contributed by atoms with van der Waals surface area (Å²) in [7, 11) is 1.95. The van der Waals surface area contributed by atoms with E-state index in [0.717, 1.165) is 38.4 Å². The molecule has 0 atom stereocenters. The predicted octanol–water partition coefficient (Wildman–Crippen LogP) is 1.97.